The lowest BCUT2D eigenvalue weighted by molar-refractivity contribution is 0.658. The molecule has 0 fully saturated rings. The molecule has 3 heteroatoms. The highest BCUT2D eigenvalue weighted by atomic mass is 15.3. The Balaban J connectivity index is 2.37. The first-order valence-corrected chi connectivity index (χ1v) is 6.31. The van der Waals surface area contributed by atoms with Crippen LogP contribution in [0.25, 0.3) is 0 Å². The van der Waals surface area contributed by atoms with E-state index in [1.807, 2.05) is 10.9 Å². The molecule has 0 atom stereocenters. The van der Waals surface area contributed by atoms with E-state index >= 15 is 0 Å². The molecule has 2 N–H and O–H groups in total. The fraction of sp³-hybridized carbons (Fsp3) is 0.400. The molecule has 0 amide bonds. The molecule has 96 valence electrons. The highest BCUT2D eigenvalue weighted by Gasteiger charge is 2.09. The number of aryl methyl sites for hydroxylation is 3. The van der Waals surface area contributed by atoms with Gasteiger partial charge in [0.2, 0.25) is 0 Å². The smallest absolute Gasteiger partial charge is 0.0667 e. The predicted molar refractivity (Wildman–Crippen MR) is 74.6 cm³/mol. The van der Waals surface area contributed by atoms with Crippen LogP contribution in [0.3, 0.4) is 0 Å². The first-order valence-electron chi connectivity index (χ1n) is 6.31. The molecule has 2 rings (SSSR count). The molecule has 1 aromatic carbocycles. The minimum Gasteiger partial charge on any atom is -0.326 e. The molecule has 0 unspecified atom stereocenters. The third-order valence-electron chi connectivity index (χ3n) is 3.57. The highest BCUT2D eigenvalue weighted by Crippen LogP contribution is 2.18. The lowest BCUT2D eigenvalue weighted by Gasteiger charge is -2.13. The molecule has 0 bridgehead atoms. The Morgan fingerprint density at radius 3 is 2.22 bits per heavy atom. The van der Waals surface area contributed by atoms with Gasteiger partial charge in [-0.25, -0.2) is 0 Å². The summed E-state index contributed by atoms with van der Waals surface area (Å²) >= 11 is 0. The number of hydrogen-bond acceptors (Lipinski definition) is 2. The van der Waals surface area contributed by atoms with Crippen LogP contribution in [-0.4, -0.2) is 9.78 Å². The number of nitrogens with two attached hydrogens (primary N) is 1. The zero-order valence-corrected chi connectivity index (χ0v) is 11.6. The van der Waals surface area contributed by atoms with Crippen molar-refractivity contribution in [3.8, 4) is 0 Å². The molecule has 2 aromatic rings. The maximum Gasteiger partial charge on any atom is 0.0667 e. The number of benzene rings is 1. The SMILES string of the molecule is Cc1cc(C)c(Cn2ncc(CN)c2C)c(C)c1. The van der Waals surface area contributed by atoms with E-state index in [-0.39, 0.29) is 0 Å². The molecular weight excluding hydrogens is 222 g/mol. The van der Waals surface area contributed by atoms with Gasteiger partial charge >= 0.3 is 0 Å². The first-order chi connectivity index (χ1) is 8.52. The molecule has 0 radical (unpaired) electrons. The van der Waals surface area contributed by atoms with E-state index < -0.39 is 0 Å². The third-order valence-corrected chi connectivity index (χ3v) is 3.57. The number of aromatic nitrogens is 2. The summed E-state index contributed by atoms with van der Waals surface area (Å²) < 4.78 is 2.03. The molecule has 0 aliphatic rings. The van der Waals surface area contributed by atoms with Crippen molar-refractivity contribution in [3.05, 3.63) is 51.8 Å². The topological polar surface area (TPSA) is 43.8 Å². The minimum atomic E-state index is 0.553. The van der Waals surface area contributed by atoms with Crippen LogP contribution in [0.5, 0.6) is 0 Å². The van der Waals surface area contributed by atoms with Crippen molar-refractivity contribution in [2.24, 2.45) is 5.73 Å². The molecule has 0 saturated carbocycles. The maximum atomic E-state index is 5.68. The Kier molecular flexibility index (Phi) is 3.53. The number of hydrogen-bond donors (Lipinski definition) is 1. The zero-order valence-electron chi connectivity index (χ0n) is 11.6. The number of rotatable bonds is 3. The molecule has 0 aliphatic heterocycles. The van der Waals surface area contributed by atoms with Crippen LogP contribution in [0, 0.1) is 27.7 Å². The Hall–Kier alpha value is -1.61. The van der Waals surface area contributed by atoms with Gasteiger partial charge in [-0.1, -0.05) is 17.7 Å². The van der Waals surface area contributed by atoms with Gasteiger partial charge in [0.15, 0.2) is 0 Å². The molecule has 18 heavy (non-hydrogen) atoms. The quantitative estimate of drug-likeness (QED) is 0.900. The fourth-order valence-electron chi connectivity index (χ4n) is 2.45. The van der Waals surface area contributed by atoms with Crippen molar-refractivity contribution in [1.29, 1.82) is 0 Å². The van der Waals surface area contributed by atoms with Crippen molar-refractivity contribution in [2.75, 3.05) is 0 Å². The van der Waals surface area contributed by atoms with Crippen LogP contribution in [-0.2, 0) is 13.1 Å². The fourth-order valence-corrected chi connectivity index (χ4v) is 2.45. The summed E-state index contributed by atoms with van der Waals surface area (Å²) in [4.78, 5) is 0. The summed E-state index contributed by atoms with van der Waals surface area (Å²) in [5.41, 5.74) is 13.3. The van der Waals surface area contributed by atoms with Crippen LogP contribution in [0.1, 0.15) is 33.5 Å². The second-order valence-corrected chi connectivity index (χ2v) is 4.99. The van der Waals surface area contributed by atoms with E-state index in [1.54, 1.807) is 0 Å². The van der Waals surface area contributed by atoms with Crippen LogP contribution >= 0.6 is 0 Å². The maximum absolute atomic E-state index is 5.68. The van der Waals surface area contributed by atoms with Crippen molar-refractivity contribution in [1.82, 2.24) is 9.78 Å². The summed E-state index contributed by atoms with van der Waals surface area (Å²) in [6, 6.07) is 4.45. The predicted octanol–water partition coefficient (Wildman–Crippen LogP) is 2.62. The molecule has 0 spiro atoms. The number of nitrogens with zero attached hydrogens (tertiary/aromatic N) is 2. The second-order valence-electron chi connectivity index (χ2n) is 4.99. The van der Waals surface area contributed by atoms with E-state index in [9.17, 15) is 0 Å². The van der Waals surface area contributed by atoms with Gasteiger partial charge in [0.05, 0.1) is 12.7 Å². The third kappa shape index (κ3) is 2.31. The molecule has 1 heterocycles. The summed E-state index contributed by atoms with van der Waals surface area (Å²) in [5, 5.41) is 4.42. The van der Waals surface area contributed by atoms with E-state index in [2.05, 4.69) is 44.9 Å². The summed E-state index contributed by atoms with van der Waals surface area (Å²) in [7, 11) is 0. The van der Waals surface area contributed by atoms with Crippen molar-refractivity contribution < 1.29 is 0 Å². The van der Waals surface area contributed by atoms with Crippen molar-refractivity contribution in [2.45, 2.75) is 40.8 Å². The zero-order chi connectivity index (χ0) is 13.3. The molecular formula is C15H21N3. The summed E-state index contributed by atoms with van der Waals surface area (Å²) in [6.07, 6.45) is 1.87. The molecule has 1 aromatic heterocycles. The van der Waals surface area contributed by atoms with Crippen LogP contribution in [0.2, 0.25) is 0 Å². The largest absolute Gasteiger partial charge is 0.326 e. The van der Waals surface area contributed by atoms with Crippen molar-refractivity contribution >= 4 is 0 Å². The van der Waals surface area contributed by atoms with E-state index in [0.29, 0.717) is 6.54 Å². The Morgan fingerprint density at radius 2 is 1.72 bits per heavy atom. The van der Waals surface area contributed by atoms with Gasteiger partial charge in [0, 0.05) is 17.8 Å². The van der Waals surface area contributed by atoms with Crippen LogP contribution < -0.4 is 5.73 Å². The van der Waals surface area contributed by atoms with Crippen LogP contribution in [0.15, 0.2) is 18.3 Å². The van der Waals surface area contributed by atoms with Gasteiger partial charge < -0.3 is 5.73 Å². The Bertz CT molecular complexity index is 544. The van der Waals surface area contributed by atoms with E-state index in [0.717, 1.165) is 17.8 Å². The van der Waals surface area contributed by atoms with Crippen molar-refractivity contribution in [3.63, 3.8) is 0 Å². The molecule has 0 saturated heterocycles. The first kappa shape index (κ1) is 12.8. The van der Waals surface area contributed by atoms with E-state index in [4.69, 9.17) is 5.73 Å². The van der Waals surface area contributed by atoms with Gasteiger partial charge in [-0.3, -0.25) is 4.68 Å². The standard InChI is InChI=1S/C15H21N3/c1-10-5-11(2)15(12(3)6-10)9-18-13(4)14(7-16)8-17-18/h5-6,8H,7,9,16H2,1-4H3. The van der Waals surface area contributed by atoms with Crippen LogP contribution in [0.4, 0.5) is 0 Å². The lowest BCUT2D eigenvalue weighted by atomic mass is 10.00. The minimum absolute atomic E-state index is 0.553. The average molecular weight is 243 g/mol. The second kappa shape index (κ2) is 4.94. The molecule has 3 nitrogen and oxygen atoms in total. The van der Waals surface area contributed by atoms with Gasteiger partial charge in [-0.05, 0) is 44.4 Å². The lowest BCUT2D eigenvalue weighted by Crippen LogP contribution is -2.08. The summed E-state index contributed by atoms with van der Waals surface area (Å²) in [5.74, 6) is 0. The summed E-state index contributed by atoms with van der Waals surface area (Å²) in [6.45, 7) is 9.92. The normalized spacial score (nSPS) is 10.9. The van der Waals surface area contributed by atoms with Gasteiger partial charge in [-0.15, -0.1) is 0 Å². The molecule has 0 aliphatic carbocycles. The Morgan fingerprint density at radius 1 is 1.11 bits per heavy atom. The van der Waals surface area contributed by atoms with Gasteiger partial charge in [-0.2, -0.15) is 5.10 Å². The Labute approximate surface area is 109 Å². The van der Waals surface area contributed by atoms with E-state index in [1.165, 1.54) is 22.3 Å². The highest BCUT2D eigenvalue weighted by molar-refractivity contribution is 5.37. The van der Waals surface area contributed by atoms with Gasteiger partial charge in [0.25, 0.3) is 0 Å². The monoisotopic (exact) mass is 243 g/mol. The average Bonchev–Trinajstić information content (AvgIpc) is 2.64. The van der Waals surface area contributed by atoms with Gasteiger partial charge in [0.1, 0.15) is 0 Å².